The Labute approximate surface area is 172 Å². The minimum absolute atomic E-state index is 0.0264. The SMILES string of the molecule is Cc1nn2c(=O)/c(=C3/C(=O)N(Cc4ccccc4F)c4ccccc43)sc2nc1=O. The first-order valence-electron chi connectivity index (χ1n) is 9.05. The van der Waals surface area contributed by atoms with Crippen LogP contribution in [0.4, 0.5) is 10.1 Å². The van der Waals surface area contributed by atoms with Crippen LogP contribution in [-0.2, 0) is 11.3 Å². The van der Waals surface area contributed by atoms with Crippen molar-refractivity contribution in [1.29, 1.82) is 0 Å². The Morgan fingerprint density at radius 2 is 1.77 bits per heavy atom. The molecule has 0 atom stereocenters. The van der Waals surface area contributed by atoms with E-state index in [0.29, 0.717) is 16.8 Å². The second kappa shape index (κ2) is 6.67. The van der Waals surface area contributed by atoms with Crippen molar-refractivity contribution in [2.24, 2.45) is 0 Å². The zero-order chi connectivity index (χ0) is 21.0. The number of benzene rings is 2. The number of amides is 1. The monoisotopic (exact) mass is 420 g/mol. The summed E-state index contributed by atoms with van der Waals surface area (Å²) < 4.78 is 15.4. The lowest BCUT2D eigenvalue weighted by atomic mass is 10.1. The Kier molecular flexibility index (Phi) is 4.07. The molecule has 2 aromatic carbocycles. The largest absolute Gasteiger partial charge is 0.303 e. The normalized spacial score (nSPS) is 15.1. The van der Waals surface area contributed by atoms with E-state index in [1.807, 2.05) is 0 Å². The van der Waals surface area contributed by atoms with E-state index in [9.17, 15) is 18.8 Å². The summed E-state index contributed by atoms with van der Waals surface area (Å²) in [7, 11) is 0. The van der Waals surface area contributed by atoms with E-state index in [1.165, 1.54) is 17.9 Å². The highest BCUT2D eigenvalue weighted by Crippen LogP contribution is 2.36. The fourth-order valence-corrected chi connectivity index (χ4v) is 4.49. The lowest BCUT2D eigenvalue weighted by Crippen LogP contribution is -2.33. The minimum atomic E-state index is -0.521. The van der Waals surface area contributed by atoms with Crippen LogP contribution in [0.25, 0.3) is 10.5 Å². The molecule has 0 bridgehead atoms. The van der Waals surface area contributed by atoms with Gasteiger partial charge in [0.05, 0.1) is 17.8 Å². The fourth-order valence-electron chi connectivity index (χ4n) is 3.49. The third-order valence-electron chi connectivity index (χ3n) is 4.95. The van der Waals surface area contributed by atoms with Crippen molar-refractivity contribution in [3.63, 3.8) is 0 Å². The summed E-state index contributed by atoms with van der Waals surface area (Å²) in [5, 5.41) is 4.00. The molecule has 0 saturated heterocycles. The van der Waals surface area contributed by atoms with E-state index in [-0.39, 0.29) is 27.3 Å². The van der Waals surface area contributed by atoms with Gasteiger partial charge in [0.15, 0.2) is 0 Å². The first-order valence-corrected chi connectivity index (χ1v) is 9.87. The third-order valence-corrected chi connectivity index (χ3v) is 5.98. The number of carbonyl (C=O) groups excluding carboxylic acids is 1. The second-order valence-corrected chi connectivity index (χ2v) is 7.79. The molecular formula is C21H13FN4O3S. The van der Waals surface area contributed by atoms with Gasteiger partial charge in [0, 0.05) is 11.1 Å². The standard InChI is InChI=1S/C21H13FN4O3S/c1-11-18(27)23-21-26(24-11)20(29)17(30-21)16-13-7-3-5-9-15(13)25(19(16)28)10-12-6-2-4-8-14(12)22/h2-9H,10H2,1H3/b17-16-. The molecule has 9 heteroatoms. The average molecular weight is 420 g/mol. The number of hydrogen-bond donors (Lipinski definition) is 0. The molecule has 0 fully saturated rings. The van der Waals surface area contributed by atoms with Gasteiger partial charge in [0.25, 0.3) is 17.0 Å². The molecular weight excluding hydrogens is 407 g/mol. The Hall–Kier alpha value is -3.72. The second-order valence-electron chi connectivity index (χ2n) is 6.81. The molecule has 1 aliphatic rings. The van der Waals surface area contributed by atoms with Crippen molar-refractivity contribution in [1.82, 2.24) is 14.6 Å². The van der Waals surface area contributed by atoms with Crippen molar-refractivity contribution < 1.29 is 9.18 Å². The summed E-state index contributed by atoms with van der Waals surface area (Å²) in [6.07, 6.45) is 0. The zero-order valence-corrected chi connectivity index (χ0v) is 16.4. The highest BCUT2D eigenvalue weighted by molar-refractivity contribution is 7.15. The molecule has 2 aromatic heterocycles. The number of para-hydroxylation sites is 1. The summed E-state index contributed by atoms with van der Waals surface area (Å²) in [5.74, 6) is -0.826. The lowest BCUT2D eigenvalue weighted by Gasteiger charge is -2.17. The molecule has 0 spiro atoms. The Morgan fingerprint density at radius 3 is 2.57 bits per heavy atom. The number of halogens is 1. The molecule has 0 radical (unpaired) electrons. The van der Waals surface area contributed by atoms with Gasteiger partial charge in [-0.3, -0.25) is 14.4 Å². The van der Waals surface area contributed by atoms with Crippen LogP contribution in [-0.4, -0.2) is 20.5 Å². The lowest BCUT2D eigenvalue weighted by molar-refractivity contribution is -0.113. The van der Waals surface area contributed by atoms with Gasteiger partial charge in [-0.25, -0.2) is 4.39 Å². The van der Waals surface area contributed by atoms with Gasteiger partial charge in [-0.05, 0) is 19.1 Å². The van der Waals surface area contributed by atoms with E-state index >= 15 is 0 Å². The van der Waals surface area contributed by atoms with Crippen molar-refractivity contribution in [3.8, 4) is 0 Å². The maximum Gasteiger partial charge on any atom is 0.295 e. The van der Waals surface area contributed by atoms with Crippen LogP contribution in [0.2, 0.25) is 0 Å². The maximum atomic E-state index is 14.2. The predicted octanol–water partition coefficient (Wildman–Crippen LogP) is 1.42. The van der Waals surface area contributed by atoms with Gasteiger partial charge < -0.3 is 4.90 Å². The number of anilines is 1. The van der Waals surface area contributed by atoms with E-state index in [0.717, 1.165) is 15.9 Å². The van der Waals surface area contributed by atoms with Crippen LogP contribution in [0.5, 0.6) is 0 Å². The van der Waals surface area contributed by atoms with Gasteiger partial charge in [-0.15, -0.1) is 0 Å². The maximum absolute atomic E-state index is 14.2. The molecule has 148 valence electrons. The van der Waals surface area contributed by atoms with Gasteiger partial charge in [-0.1, -0.05) is 47.7 Å². The summed E-state index contributed by atoms with van der Waals surface area (Å²) in [6, 6.07) is 13.3. The van der Waals surface area contributed by atoms with E-state index in [4.69, 9.17) is 0 Å². The highest BCUT2D eigenvalue weighted by Gasteiger charge is 2.34. The van der Waals surface area contributed by atoms with E-state index in [1.54, 1.807) is 42.5 Å². The Balaban J connectivity index is 1.76. The Morgan fingerprint density at radius 1 is 1.03 bits per heavy atom. The van der Waals surface area contributed by atoms with Crippen LogP contribution in [0.3, 0.4) is 0 Å². The number of fused-ring (bicyclic) bond motifs is 2. The minimum Gasteiger partial charge on any atom is -0.303 e. The van der Waals surface area contributed by atoms with E-state index in [2.05, 4.69) is 10.1 Å². The number of hydrogen-bond acceptors (Lipinski definition) is 6. The number of thiazole rings is 1. The molecule has 0 aliphatic carbocycles. The molecule has 4 aromatic rings. The van der Waals surface area contributed by atoms with Crippen molar-refractivity contribution in [2.75, 3.05) is 4.90 Å². The van der Waals surface area contributed by atoms with E-state index < -0.39 is 22.8 Å². The molecule has 1 aliphatic heterocycles. The van der Waals surface area contributed by atoms with Crippen LogP contribution < -0.4 is 20.6 Å². The summed E-state index contributed by atoms with van der Waals surface area (Å²) in [5.41, 5.74) is 0.785. The molecule has 5 rings (SSSR count). The summed E-state index contributed by atoms with van der Waals surface area (Å²) >= 11 is 0.941. The topological polar surface area (TPSA) is 84.6 Å². The molecule has 7 nitrogen and oxygen atoms in total. The van der Waals surface area contributed by atoms with Gasteiger partial charge in [0.2, 0.25) is 4.96 Å². The molecule has 1 amide bonds. The summed E-state index contributed by atoms with van der Waals surface area (Å²) in [6.45, 7) is 1.50. The van der Waals surface area contributed by atoms with Gasteiger partial charge in [0.1, 0.15) is 16.0 Å². The number of aryl methyl sites for hydroxylation is 1. The van der Waals surface area contributed by atoms with Crippen molar-refractivity contribution in [3.05, 3.63) is 96.4 Å². The summed E-state index contributed by atoms with van der Waals surface area (Å²) in [4.78, 5) is 43.6. The van der Waals surface area contributed by atoms with Gasteiger partial charge >= 0.3 is 0 Å². The van der Waals surface area contributed by atoms with Crippen LogP contribution in [0.1, 0.15) is 16.8 Å². The average Bonchev–Trinajstić information content (AvgIpc) is 3.18. The quantitative estimate of drug-likeness (QED) is 0.490. The van der Waals surface area contributed by atoms with Crippen LogP contribution >= 0.6 is 11.3 Å². The van der Waals surface area contributed by atoms with Gasteiger partial charge in [-0.2, -0.15) is 14.6 Å². The number of aromatic nitrogens is 3. The number of rotatable bonds is 2. The first-order chi connectivity index (χ1) is 14.5. The van der Waals surface area contributed by atoms with Crippen LogP contribution in [0.15, 0.2) is 58.1 Å². The first kappa shape index (κ1) is 18.3. The van der Waals surface area contributed by atoms with Crippen molar-refractivity contribution in [2.45, 2.75) is 13.5 Å². The fraction of sp³-hybridized carbons (Fsp3) is 0.0952. The predicted molar refractivity (Wildman–Crippen MR) is 110 cm³/mol. The Bertz CT molecular complexity index is 1530. The highest BCUT2D eigenvalue weighted by atomic mass is 32.1. The molecule has 3 heterocycles. The molecule has 0 saturated carbocycles. The van der Waals surface area contributed by atoms with Crippen molar-refractivity contribution >= 4 is 33.5 Å². The number of carbonyl (C=O) groups is 1. The third kappa shape index (κ3) is 2.66. The smallest absolute Gasteiger partial charge is 0.295 e. The zero-order valence-electron chi connectivity index (χ0n) is 15.6. The molecule has 0 N–H and O–H groups in total. The molecule has 30 heavy (non-hydrogen) atoms. The van der Waals surface area contributed by atoms with Crippen LogP contribution in [0, 0.1) is 12.7 Å². The molecule has 0 unspecified atom stereocenters. The number of nitrogens with zero attached hydrogens (tertiary/aromatic N) is 4.